The molecule has 2 atom stereocenters. The van der Waals surface area contributed by atoms with Crippen LogP contribution in [0.2, 0.25) is 0 Å². The van der Waals surface area contributed by atoms with E-state index in [-0.39, 0.29) is 6.10 Å². The summed E-state index contributed by atoms with van der Waals surface area (Å²) in [5, 5.41) is 11.3. The van der Waals surface area contributed by atoms with Gasteiger partial charge in [0.25, 0.3) is 0 Å². The van der Waals surface area contributed by atoms with E-state index in [9.17, 15) is 5.11 Å². The van der Waals surface area contributed by atoms with Gasteiger partial charge in [0.05, 0.1) is 7.11 Å². The predicted octanol–water partition coefficient (Wildman–Crippen LogP) is 3.50. The van der Waals surface area contributed by atoms with Crippen molar-refractivity contribution in [3.05, 3.63) is 58.1 Å². The lowest BCUT2D eigenvalue weighted by atomic mass is 9.81. The van der Waals surface area contributed by atoms with Crippen molar-refractivity contribution in [3.63, 3.8) is 0 Å². The van der Waals surface area contributed by atoms with Crippen LogP contribution in [0.3, 0.4) is 0 Å². The Morgan fingerprint density at radius 1 is 1.29 bits per heavy atom. The first-order valence-corrected chi connectivity index (χ1v) is 8.05. The van der Waals surface area contributed by atoms with Gasteiger partial charge in [0.1, 0.15) is 17.6 Å². The molecule has 1 aliphatic heterocycles. The molecule has 3 heteroatoms. The van der Waals surface area contributed by atoms with Crippen LogP contribution in [0.25, 0.3) is 0 Å². The minimum absolute atomic E-state index is 0.146. The van der Waals surface area contributed by atoms with Crippen LogP contribution in [-0.2, 0) is 12.0 Å². The van der Waals surface area contributed by atoms with Gasteiger partial charge in [-0.1, -0.05) is 18.1 Å². The number of ether oxygens (including phenoxy) is 2. The van der Waals surface area contributed by atoms with E-state index in [0.29, 0.717) is 5.56 Å². The molecule has 0 amide bonds. The third-order valence-corrected chi connectivity index (χ3v) is 4.77. The summed E-state index contributed by atoms with van der Waals surface area (Å²) in [6.45, 7) is 6.04. The first kappa shape index (κ1) is 16.4. The second kappa shape index (κ2) is 5.89. The molecule has 0 radical (unpaired) electrons. The molecular weight excluding hydrogens is 300 g/mol. The SMILES string of the molecule is C#CC(O)(c1ccc(OC)cc1)c1cc(C)c2c(c1C)CC(C)O2. The van der Waals surface area contributed by atoms with Gasteiger partial charge in [0.2, 0.25) is 0 Å². The van der Waals surface area contributed by atoms with E-state index in [1.165, 1.54) is 0 Å². The van der Waals surface area contributed by atoms with Crippen LogP contribution in [0.15, 0.2) is 30.3 Å². The Balaban J connectivity index is 2.16. The molecular formula is C21H22O3. The summed E-state index contributed by atoms with van der Waals surface area (Å²) >= 11 is 0. The lowest BCUT2D eigenvalue weighted by Crippen LogP contribution is -2.26. The second-order valence-corrected chi connectivity index (χ2v) is 6.39. The molecule has 0 spiro atoms. The van der Waals surface area contributed by atoms with Crippen molar-refractivity contribution in [1.29, 1.82) is 0 Å². The third-order valence-electron chi connectivity index (χ3n) is 4.77. The highest BCUT2D eigenvalue weighted by atomic mass is 16.5. The molecule has 24 heavy (non-hydrogen) atoms. The van der Waals surface area contributed by atoms with Crippen LogP contribution < -0.4 is 9.47 Å². The average molecular weight is 322 g/mol. The number of terminal acetylenes is 1. The largest absolute Gasteiger partial charge is 0.497 e. The Morgan fingerprint density at radius 3 is 2.54 bits per heavy atom. The molecule has 2 aromatic carbocycles. The summed E-state index contributed by atoms with van der Waals surface area (Å²) in [6.07, 6.45) is 6.75. The maximum atomic E-state index is 11.3. The monoisotopic (exact) mass is 322 g/mol. The van der Waals surface area contributed by atoms with Crippen LogP contribution in [0, 0.1) is 26.2 Å². The summed E-state index contributed by atoms with van der Waals surface area (Å²) in [6, 6.07) is 9.16. The zero-order chi connectivity index (χ0) is 17.5. The maximum absolute atomic E-state index is 11.3. The van der Waals surface area contributed by atoms with Crippen molar-refractivity contribution in [2.75, 3.05) is 7.11 Å². The fraction of sp³-hybridized carbons (Fsp3) is 0.333. The first-order valence-electron chi connectivity index (χ1n) is 8.05. The van der Waals surface area contributed by atoms with E-state index in [1.54, 1.807) is 31.4 Å². The van der Waals surface area contributed by atoms with E-state index in [0.717, 1.165) is 40.2 Å². The van der Waals surface area contributed by atoms with Crippen molar-refractivity contribution >= 4 is 0 Å². The highest BCUT2D eigenvalue weighted by Crippen LogP contribution is 2.41. The van der Waals surface area contributed by atoms with Gasteiger partial charge in [0.15, 0.2) is 5.60 Å². The highest BCUT2D eigenvalue weighted by molar-refractivity contribution is 5.58. The van der Waals surface area contributed by atoms with Crippen molar-refractivity contribution in [3.8, 4) is 23.8 Å². The number of methoxy groups -OCH3 is 1. The summed E-state index contributed by atoms with van der Waals surface area (Å²) in [5.41, 5.74) is 3.04. The van der Waals surface area contributed by atoms with Gasteiger partial charge in [-0.25, -0.2) is 0 Å². The van der Waals surface area contributed by atoms with E-state index in [1.807, 2.05) is 19.9 Å². The van der Waals surface area contributed by atoms with Crippen LogP contribution in [0.1, 0.15) is 34.7 Å². The summed E-state index contributed by atoms with van der Waals surface area (Å²) in [4.78, 5) is 0. The van der Waals surface area contributed by atoms with E-state index in [4.69, 9.17) is 15.9 Å². The highest BCUT2D eigenvalue weighted by Gasteiger charge is 2.35. The van der Waals surface area contributed by atoms with Crippen LogP contribution in [0.5, 0.6) is 11.5 Å². The molecule has 1 heterocycles. The third kappa shape index (κ3) is 2.44. The number of hydrogen-bond donors (Lipinski definition) is 1. The molecule has 0 saturated heterocycles. The minimum Gasteiger partial charge on any atom is -0.497 e. The standard InChI is InChI=1S/C21H22O3/c1-6-21(22,16-7-9-17(23-5)10-8-16)19-11-13(2)20-18(15(19)4)12-14(3)24-20/h1,7-11,14,22H,12H2,2-5H3. The van der Waals surface area contributed by atoms with Crippen molar-refractivity contribution in [1.82, 2.24) is 0 Å². The van der Waals surface area contributed by atoms with Crippen molar-refractivity contribution < 1.29 is 14.6 Å². The van der Waals surface area contributed by atoms with E-state index < -0.39 is 5.60 Å². The lowest BCUT2D eigenvalue weighted by molar-refractivity contribution is 0.144. The maximum Gasteiger partial charge on any atom is 0.176 e. The van der Waals surface area contributed by atoms with Gasteiger partial charge in [0, 0.05) is 23.1 Å². The van der Waals surface area contributed by atoms with Crippen LogP contribution in [-0.4, -0.2) is 18.3 Å². The number of benzene rings is 2. The van der Waals surface area contributed by atoms with Crippen LogP contribution >= 0.6 is 0 Å². The Morgan fingerprint density at radius 2 is 1.96 bits per heavy atom. The Kier molecular flexibility index (Phi) is 4.03. The molecule has 0 fully saturated rings. The fourth-order valence-corrected chi connectivity index (χ4v) is 3.43. The van der Waals surface area contributed by atoms with Gasteiger partial charge in [-0.2, -0.15) is 0 Å². The zero-order valence-corrected chi connectivity index (χ0v) is 14.5. The molecule has 1 aliphatic rings. The molecule has 124 valence electrons. The molecule has 0 aliphatic carbocycles. The van der Waals surface area contributed by atoms with Crippen molar-refractivity contribution in [2.45, 2.75) is 38.9 Å². The zero-order valence-electron chi connectivity index (χ0n) is 14.5. The summed E-state index contributed by atoms with van der Waals surface area (Å²) < 4.78 is 11.1. The van der Waals surface area contributed by atoms with E-state index in [2.05, 4.69) is 12.8 Å². The number of hydrogen-bond acceptors (Lipinski definition) is 3. The molecule has 3 nitrogen and oxygen atoms in total. The van der Waals surface area contributed by atoms with Crippen molar-refractivity contribution in [2.24, 2.45) is 0 Å². The van der Waals surface area contributed by atoms with Gasteiger partial charge in [-0.15, -0.1) is 6.42 Å². The fourth-order valence-electron chi connectivity index (χ4n) is 3.43. The number of rotatable bonds is 3. The van der Waals surface area contributed by atoms with E-state index >= 15 is 0 Å². The van der Waals surface area contributed by atoms with Gasteiger partial charge >= 0.3 is 0 Å². The Bertz CT molecular complexity index is 814. The number of fused-ring (bicyclic) bond motifs is 1. The number of aliphatic hydroxyl groups is 1. The predicted molar refractivity (Wildman–Crippen MR) is 94.5 cm³/mol. The molecule has 1 N–H and O–H groups in total. The Hall–Kier alpha value is -2.44. The normalized spacial score (nSPS) is 18.2. The van der Waals surface area contributed by atoms with Gasteiger partial charge in [-0.05, 0) is 50.1 Å². The minimum atomic E-state index is -1.48. The Labute approximate surface area is 143 Å². The number of aryl methyl sites for hydroxylation is 1. The van der Waals surface area contributed by atoms with Gasteiger partial charge in [-0.3, -0.25) is 0 Å². The molecule has 0 bridgehead atoms. The molecule has 2 unspecified atom stereocenters. The first-order chi connectivity index (χ1) is 11.4. The van der Waals surface area contributed by atoms with Crippen LogP contribution in [0.4, 0.5) is 0 Å². The topological polar surface area (TPSA) is 38.7 Å². The summed E-state index contributed by atoms with van der Waals surface area (Å²) in [7, 11) is 1.61. The molecule has 3 rings (SSSR count). The van der Waals surface area contributed by atoms with Gasteiger partial charge < -0.3 is 14.6 Å². The molecule has 2 aromatic rings. The molecule has 0 aromatic heterocycles. The second-order valence-electron chi connectivity index (χ2n) is 6.39. The average Bonchev–Trinajstić information content (AvgIpc) is 3.00. The lowest BCUT2D eigenvalue weighted by Gasteiger charge is -2.27. The quantitative estimate of drug-likeness (QED) is 0.879. The summed E-state index contributed by atoms with van der Waals surface area (Å²) in [5.74, 6) is 4.25. The smallest absolute Gasteiger partial charge is 0.176 e. The molecule has 0 saturated carbocycles.